The number of benzene rings is 2. The van der Waals surface area contributed by atoms with Crippen LogP contribution in [-0.4, -0.2) is 33.6 Å². The van der Waals surface area contributed by atoms with Crippen molar-refractivity contribution >= 4 is 23.3 Å². The second kappa shape index (κ2) is 10.6. The van der Waals surface area contributed by atoms with Gasteiger partial charge in [-0.05, 0) is 54.7 Å². The van der Waals surface area contributed by atoms with Gasteiger partial charge in [0.1, 0.15) is 5.69 Å². The molecule has 1 aromatic heterocycles. The molecular weight excluding hydrogens is 476 g/mol. The molecule has 38 heavy (non-hydrogen) atoms. The molecule has 1 fully saturated rings. The fourth-order valence-corrected chi connectivity index (χ4v) is 5.73. The molecule has 1 aliphatic carbocycles. The molecule has 2 N–H and O–H groups in total. The lowest BCUT2D eigenvalue weighted by Crippen LogP contribution is -2.56. The number of carbonyl (C=O) groups excluding carboxylic acids is 3. The molecule has 2 aliphatic rings. The number of rotatable bonds is 8. The van der Waals surface area contributed by atoms with Crippen molar-refractivity contribution in [2.75, 3.05) is 11.9 Å². The molecule has 2 amide bonds. The lowest BCUT2D eigenvalue weighted by atomic mass is 9.71. The van der Waals surface area contributed by atoms with E-state index in [0.29, 0.717) is 12.2 Å². The molecule has 5 rings (SSSR count). The van der Waals surface area contributed by atoms with Crippen molar-refractivity contribution in [2.45, 2.75) is 65.2 Å². The predicted octanol–water partition coefficient (Wildman–Crippen LogP) is 5.11. The second-order valence-corrected chi connectivity index (χ2v) is 10.8. The lowest BCUT2D eigenvalue weighted by molar-refractivity contribution is -0.114. The number of nitrogens with zero attached hydrogens (tertiary/aromatic N) is 2. The SMILES string of the molecule is CC(=O)Nc1ccc(CNC(=O)c2ccc3n2CCN(Cc2ccc(C(=O)C(C)C)cc2)C32CCC2)cc1. The highest BCUT2D eigenvalue weighted by Crippen LogP contribution is 2.49. The number of fused-ring (bicyclic) bond motifs is 2. The number of Topliss-reactive ketones (excluding diaryl/α,β-unsaturated/α-hetero) is 1. The Labute approximate surface area is 224 Å². The van der Waals surface area contributed by atoms with Crippen molar-refractivity contribution in [1.82, 2.24) is 14.8 Å². The number of hydrogen-bond acceptors (Lipinski definition) is 4. The van der Waals surface area contributed by atoms with Crippen molar-refractivity contribution in [3.63, 3.8) is 0 Å². The largest absolute Gasteiger partial charge is 0.347 e. The maximum Gasteiger partial charge on any atom is 0.268 e. The predicted molar refractivity (Wildman–Crippen MR) is 148 cm³/mol. The van der Waals surface area contributed by atoms with E-state index in [9.17, 15) is 14.4 Å². The van der Waals surface area contributed by atoms with E-state index in [4.69, 9.17) is 0 Å². The van der Waals surface area contributed by atoms with Gasteiger partial charge in [0.05, 0.1) is 5.54 Å². The Morgan fingerprint density at radius 2 is 1.58 bits per heavy atom. The van der Waals surface area contributed by atoms with Gasteiger partial charge in [0.2, 0.25) is 5.91 Å². The van der Waals surface area contributed by atoms with Gasteiger partial charge in [-0.1, -0.05) is 50.2 Å². The molecule has 1 aliphatic heterocycles. The number of anilines is 1. The van der Waals surface area contributed by atoms with E-state index in [1.807, 2.05) is 56.3 Å². The van der Waals surface area contributed by atoms with Crippen molar-refractivity contribution in [2.24, 2.45) is 5.92 Å². The highest BCUT2D eigenvalue weighted by Gasteiger charge is 2.48. The molecule has 3 aromatic rings. The molecule has 1 spiro atoms. The topological polar surface area (TPSA) is 83.4 Å². The minimum Gasteiger partial charge on any atom is -0.347 e. The van der Waals surface area contributed by atoms with Gasteiger partial charge in [-0.3, -0.25) is 19.3 Å². The Morgan fingerprint density at radius 3 is 2.18 bits per heavy atom. The van der Waals surface area contributed by atoms with Crippen LogP contribution in [0.5, 0.6) is 0 Å². The minimum atomic E-state index is -0.108. The summed E-state index contributed by atoms with van der Waals surface area (Å²) in [6.45, 7) is 8.24. The van der Waals surface area contributed by atoms with Crippen molar-refractivity contribution in [3.8, 4) is 0 Å². The molecule has 0 radical (unpaired) electrons. The van der Waals surface area contributed by atoms with Gasteiger partial charge in [0.15, 0.2) is 5.78 Å². The van der Waals surface area contributed by atoms with Gasteiger partial charge in [-0.25, -0.2) is 0 Å². The normalized spacial score (nSPS) is 16.1. The van der Waals surface area contributed by atoms with E-state index in [1.54, 1.807) is 0 Å². The fraction of sp³-hybridized carbons (Fsp3) is 0.387. The van der Waals surface area contributed by atoms with Gasteiger partial charge in [0, 0.05) is 56.0 Å². The number of carbonyl (C=O) groups is 3. The summed E-state index contributed by atoms with van der Waals surface area (Å²) in [5.41, 5.74) is 5.59. The number of aromatic nitrogens is 1. The lowest BCUT2D eigenvalue weighted by Gasteiger charge is -2.53. The summed E-state index contributed by atoms with van der Waals surface area (Å²) >= 11 is 0. The molecule has 7 heteroatoms. The first-order chi connectivity index (χ1) is 18.3. The molecule has 0 saturated heterocycles. The van der Waals surface area contributed by atoms with Gasteiger partial charge in [-0.2, -0.15) is 0 Å². The van der Waals surface area contributed by atoms with Crippen LogP contribution in [0, 0.1) is 5.92 Å². The van der Waals surface area contributed by atoms with Gasteiger partial charge < -0.3 is 15.2 Å². The van der Waals surface area contributed by atoms with E-state index in [-0.39, 0.29) is 29.1 Å². The maximum atomic E-state index is 13.2. The molecule has 0 bridgehead atoms. The van der Waals surface area contributed by atoms with Crippen LogP contribution in [0.2, 0.25) is 0 Å². The second-order valence-electron chi connectivity index (χ2n) is 10.8. The standard InChI is InChI=1S/C31H36N4O3/c1-21(2)29(37)25-9-5-24(6-10-25)20-34-17-18-35-27(13-14-28(35)31(34)15-4-16-31)30(38)32-19-23-7-11-26(12-8-23)33-22(3)36/h5-14,21H,4,15-20H2,1-3H3,(H,32,38)(H,33,36). The summed E-state index contributed by atoms with van der Waals surface area (Å²) in [5.74, 6) is -0.00926. The highest BCUT2D eigenvalue weighted by molar-refractivity contribution is 5.97. The molecule has 0 atom stereocenters. The van der Waals surface area contributed by atoms with E-state index in [0.717, 1.165) is 49.3 Å². The Balaban J connectivity index is 1.26. The molecule has 2 heterocycles. The van der Waals surface area contributed by atoms with Gasteiger partial charge in [-0.15, -0.1) is 0 Å². The molecule has 198 valence electrons. The smallest absolute Gasteiger partial charge is 0.268 e. The molecule has 2 aromatic carbocycles. The summed E-state index contributed by atoms with van der Waals surface area (Å²) in [5, 5.41) is 5.81. The van der Waals surface area contributed by atoms with Crippen LogP contribution in [0.4, 0.5) is 5.69 Å². The Morgan fingerprint density at radius 1 is 0.895 bits per heavy atom. The van der Waals surface area contributed by atoms with Crippen LogP contribution in [0.15, 0.2) is 60.7 Å². The quantitative estimate of drug-likeness (QED) is 0.411. The Hall–Kier alpha value is -3.71. The van der Waals surface area contributed by atoms with Crippen LogP contribution < -0.4 is 10.6 Å². The third kappa shape index (κ3) is 5.03. The first-order valence-electron chi connectivity index (χ1n) is 13.5. The molecule has 0 unspecified atom stereocenters. The van der Waals surface area contributed by atoms with Crippen LogP contribution in [0.25, 0.3) is 0 Å². The zero-order valence-corrected chi connectivity index (χ0v) is 22.4. The highest BCUT2D eigenvalue weighted by atomic mass is 16.2. The number of ketones is 1. The van der Waals surface area contributed by atoms with E-state index >= 15 is 0 Å². The van der Waals surface area contributed by atoms with Gasteiger partial charge >= 0.3 is 0 Å². The maximum absolute atomic E-state index is 13.2. The molecule has 7 nitrogen and oxygen atoms in total. The zero-order chi connectivity index (χ0) is 26.9. The molecular formula is C31H36N4O3. The van der Waals surface area contributed by atoms with Crippen LogP contribution in [0.1, 0.15) is 77.7 Å². The van der Waals surface area contributed by atoms with E-state index in [1.165, 1.54) is 24.6 Å². The summed E-state index contributed by atoms with van der Waals surface area (Å²) in [6.07, 6.45) is 3.35. The van der Waals surface area contributed by atoms with E-state index < -0.39 is 0 Å². The number of nitrogens with one attached hydrogen (secondary N) is 2. The van der Waals surface area contributed by atoms with E-state index in [2.05, 4.69) is 38.3 Å². The zero-order valence-electron chi connectivity index (χ0n) is 22.4. The Bertz CT molecular complexity index is 1330. The van der Waals surface area contributed by atoms with Crippen LogP contribution in [-0.2, 0) is 30.0 Å². The number of amides is 2. The van der Waals surface area contributed by atoms with Crippen LogP contribution >= 0.6 is 0 Å². The van der Waals surface area contributed by atoms with Gasteiger partial charge in [0.25, 0.3) is 5.91 Å². The average molecular weight is 513 g/mol. The first kappa shape index (κ1) is 25.9. The monoisotopic (exact) mass is 512 g/mol. The number of hydrogen-bond donors (Lipinski definition) is 2. The Kier molecular flexibility index (Phi) is 7.21. The van der Waals surface area contributed by atoms with Crippen molar-refractivity contribution < 1.29 is 14.4 Å². The first-order valence-corrected chi connectivity index (χ1v) is 13.5. The minimum absolute atomic E-state index is 0.00374. The third-order valence-electron chi connectivity index (χ3n) is 7.93. The average Bonchev–Trinajstić information content (AvgIpc) is 3.31. The fourth-order valence-electron chi connectivity index (χ4n) is 5.73. The van der Waals surface area contributed by atoms with Crippen LogP contribution in [0.3, 0.4) is 0 Å². The van der Waals surface area contributed by atoms with Crippen molar-refractivity contribution in [1.29, 1.82) is 0 Å². The molecule has 1 saturated carbocycles. The summed E-state index contributed by atoms with van der Waals surface area (Å²) in [4.78, 5) is 39.2. The summed E-state index contributed by atoms with van der Waals surface area (Å²) in [7, 11) is 0. The summed E-state index contributed by atoms with van der Waals surface area (Å²) in [6, 6.07) is 19.7. The third-order valence-corrected chi connectivity index (χ3v) is 7.93. The van der Waals surface area contributed by atoms with Crippen molar-refractivity contribution in [3.05, 3.63) is 88.7 Å². The summed E-state index contributed by atoms with van der Waals surface area (Å²) < 4.78 is 2.20.